The predicted octanol–water partition coefficient (Wildman–Crippen LogP) is 0.535. The highest BCUT2D eigenvalue weighted by atomic mass is 16.5. The maximum Gasteiger partial charge on any atom is 0.221 e. The minimum atomic E-state index is 0.0478. The standard InChI is InChI=1S/C13H24N4O2/c1-3-7-17-11-15-10-12(17)9-14-5-4-13(18)16-6-8-19-2/h10-11,14H,3-9H2,1-2H3,(H,16,18). The second-order valence-electron chi connectivity index (χ2n) is 4.35. The number of aryl methyl sites for hydroxylation is 1. The fourth-order valence-corrected chi connectivity index (χ4v) is 1.74. The van der Waals surface area contributed by atoms with E-state index in [4.69, 9.17) is 4.74 Å². The third-order valence-corrected chi connectivity index (χ3v) is 2.73. The maximum absolute atomic E-state index is 11.4. The van der Waals surface area contributed by atoms with Crippen molar-refractivity contribution in [1.82, 2.24) is 20.2 Å². The first-order valence-electron chi connectivity index (χ1n) is 6.73. The molecule has 19 heavy (non-hydrogen) atoms. The quantitative estimate of drug-likeness (QED) is 0.608. The van der Waals surface area contributed by atoms with Gasteiger partial charge in [0, 0.05) is 45.9 Å². The van der Waals surface area contributed by atoms with E-state index < -0.39 is 0 Å². The van der Waals surface area contributed by atoms with E-state index in [0.717, 1.165) is 25.2 Å². The normalized spacial score (nSPS) is 10.6. The molecule has 0 aliphatic carbocycles. The van der Waals surface area contributed by atoms with Crippen LogP contribution in [0.25, 0.3) is 0 Å². The van der Waals surface area contributed by atoms with E-state index in [1.54, 1.807) is 7.11 Å². The Labute approximate surface area is 114 Å². The highest BCUT2D eigenvalue weighted by Crippen LogP contribution is 2.00. The maximum atomic E-state index is 11.4. The summed E-state index contributed by atoms with van der Waals surface area (Å²) in [6, 6.07) is 0. The number of methoxy groups -OCH3 is 1. The lowest BCUT2D eigenvalue weighted by atomic mass is 10.3. The van der Waals surface area contributed by atoms with E-state index in [2.05, 4.69) is 27.1 Å². The molecule has 1 amide bonds. The van der Waals surface area contributed by atoms with Crippen molar-refractivity contribution in [2.75, 3.05) is 26.8 Å². The minimum absolute atomic E-state index is 0.0478. The van der Waals surface area contributed by atoms with Crippen LogP contribution in [-0.2, 0) is 22.6 Å². The number of nitrogens with one attached hydrogen (secondary N) is 2. The monoisotopic (exact) mass is 268 g/mol. The average molecular weight is 268 g/mol. The fourth-order valence-electron chi connectivity index (χ4n) is 1.74. The van der Waals surface area contributed by atoms with E-state index in [-0.39, 0.29) is 5.91 Å². The van der Waals surface area contributed by atoms with E-state index in [9.17, 15) is 4.79 Å². The van der Waals surface area contributed by atoms with Crippen LogP contribution < -0.4 is 10.6 Å². The van der Waals surface area contributed by atoms with Crippen molar-refractivity contribution in [2.24, 2.45) is 0 Å². The molecule has 1 aromatic rings. The third-order valence-electron chi connectivity index (χ3n) is 2.73. The summed E-state index contributed by atoms with van der Waals surface area (Å²) in [6.07, 6.45) is 5.27. The number of carbonyl (C=O) groups excluding carboxylic acids is 1. The Balaban J connectivity index is 2.13. The van der Waals surface area contributed by atoms with E-state index in [1.165, 1.54) is 0 Å². The lowest BCUT2D eigenvalue weighted by Gasteiger charge is -2.08. The van der Waals surface area contributed by atoms with Crippen LogP contribution in [0.15, 0.2) is 12.5 Å². The third kappa shape index (κ3) is 6.35. The Hall–Kier alpha value is -1.40. The van der Waals surface area contributed by atoms with Gasteiger partial charge in [0.15, 0.2) is 0 Å². The molecule has 0 aliphatic rings. The lowest BCUT2D eigenvalue weighted by Crippen LogP contribution is -2.30. The first-order valence-corrected chi connectivity index (χ1v) is 6.73. The fraction of sp³-hybridized carbons (Fsp3) is 0.692. The van der Waals surface area contributed by atoms with Crippen LogP contribution in [0.2, 0.25) is 0 Å². The zero-order valence-corrected chi connectivity index (χ0v) is 11.8. The predicted molar refractivity (Wildman–Crippen MR) is 73.7 cm³/mol. The molecule has 108 valence electrons. The molecule has 0 saturated carbocycles. The van der Waals surface area contributed by atoms with E-state index in [0.29, 0.717) is 26.1 Å². The number of hydrogen-bond donors (Lipinski definition) is 2. The van der Waals surface area contributed by atoms with Crippen molar-refractivity contribution >= 4 is 5.91 Å². The summed E-state index contributed by atoms with van der Waals surface area (Å²) in [4.78, 5) is 15.6. The van der Waals surface area contributed by atoms with Crippen molar-refractivity contribution in [3.63, 3.8) is 0 Å². The van der Waals surface area contributed by atoms with Gasteiger partial charge in [0.25, 0.3) is 0 Å². The van der Waals surface area contributed by atoms with Crippen molar-refractivity contribution < 1.29 is 9.53 Å². The highest BCUT2D eigenvalue weighted by Gasteiger charge is 2.02. The molecule has 0 fully saturated rings. The van der Waals surface area contributed by atoms with Crippen molar-refractivity contribution in [2.45, 2.75) is 32.9 Å². The SMILES string of the molecule is CCCn1cncc1CNCCC(=O)NCCOC. The summed E-state index contributed by atoms with van der Waals surface area (Å²) in [5.74, 6) is 0.0478. The first kappa shape index (κ1) is 15.7. The van der Waals surface area contributed by atoms with Gasteiger partial charge in [-0.05, 0) is 6.42 Å². The Morgan fingerprint density at radius 1 is 1.47 bits per heavy atom. The number of nitrogens with zero attached hydrogens (tertiary/aromatic N) is 2. The summed E-state index contributed by atoms with van der Waals surface area (Å²) < 4.78 is 6.99. The van der Waals surface area contributed by atoms with Crippen LogP contribution in [0, 0.1) is 0 Å². The van der Waals surface area contributed by atoms with Gasteiger partial charge < -0.3 is 19.9 Å². The van der Waals surface area contributed by atoms with Gasteiger partial charge >= 0.3 is 0 Å². The molecule has 0 saturated heterocycles. The van der Waals surface area contributed by atoms with Crippen molar-refractivity contribution in [3.8, 4) is 0 Å². The molecule has 0 bridgehead atoms. The summed E-state index contributed by atoms with van der Waals surface area (Å²) in [5, 5.41) is 6.04. The number of ether oxygens (including phenoxy) is 1. The highest BCUT2D eigenvalue weighted by molar-refractivity contribution is 5.75. The minimum Gasteiger partial charge on any atom is -0.383 e. The van der Waals surface area contributed by atoms with Gasteiger partial charge in [0.05, 0.1) is 18.6 Å². The molecule has 0 spiro atoms. The summed E-state index contributed by atoms with van der Waals surface area (Å²) in [5.41, 5.74) is 1.15. The Bertz CT molecular complexity index is 365. The van der Waals surface area contributed by atoms with Gasteiger partial charge in [-0.15, -0.1) is 0 Å². The molecule has 6 heteroatoms. The van der Waals surface area contributed by atoms with E-state index in [1.807, 2.05) is 12.5 Å². The topological polar surface area (TPSA) is 68.2 Å². The number of carbonyl (C=O) groups is 1. The number of aromatic nitrogens is 2. The number of rotatable bonds is 10. The van der Waals surface area contributed by atoms with Gasteiger partial charge in [0.2, 0.25) is 5.91 Å². The molecular formula is C13H24N4O2. The Morgan fingerprint density at radius 2 is 2.32 bits per heavy atom. The molecule has 0 aromatic carbocycles. The van der Waals surface area contributed by atoms with Crippen LogP contribution in [0.4, 0.5) is 0 Å². The van der Waals surface area contributed by atoms with Crippen LogP contribution in [-0.4, -0.2) is 42.3 Å². The molecule has 0 atom stereocenters. The van der Waals surface area contributed by atoms with Crippen LogP contribution in [0.5, 0.6) is 0 Å². The lowest BCUT2D eigenvalue weighted by molar-refractivity contribution is -0.121. The van der Waals surface area contributed by atoms with Gasteiger partial charge in [-0.3, -0.25) is 4.79 Å². The van der Waals surface area contributed by atoms with Crippen molar-refractivity contribution in [3.05, 3.63) is 18.2 Å². The largest absolute Gasteiger partial charge is 0.383 e. The first-order chi connectivity index (χ1) is 9.27. The second kappa shape index (κ2) is 9.52. The summed E-state index contributed by atoms with van der Waals surface area (Å²) in [7, 11) is 1.62. The smallest absolute Gasteiger partial charge is 0.221 e. The molecular weight excluding hydrogens is 244 g/mol. The number of hydrogen-bond acceptors (Lipinski definition) is 4. The van der Waals surface area contributed by atoms with Crippen LogP contribution in [0.1, 0.15) is 25.5 Å². The van der Waals surface area contributed by atoms with Gasteiger partial charge in [0.1, 0.15) is 0 Å². The zero-order valence-electron chi connectivity index (χ0n) is 11.8. The molecule has 1 heterocycles. The Morgan fingerprint density at radius 3 is 3.05 bits per heavy atom. The molecule has 2 N–H and O–H groups in total. The van der Waals surface area contributed by atoms with Crippen LogP contribution >= 0.6 is 0 Å². The molecule has 1 rings (SSSR count). The molecule has 1 aromatic heterocycles. The van der Waals surface area contributed by atoms with Gasteiger partial charge in [-0.1, -0.05) is 6.92 Å². The molecule has 0 unspecified atom stereocenters. The second-order valence-corrected chi connectivity index (χ2v) is 4.35. The zero-order chi connectivity index (χ0) is 13.9. The van der Waals surface area contributed by atoms with E-state index >= 15 is 0 Å². The molecule has 0 radical (unpaired) electrons. The Kier molecular flexibility index (Phi) is 7.84. The molecule has 0 aliphatic heterocycles. The number of amides is 1. The van der Waals surface area contributed by atoms with Gasteiger partial charge in [-0.25, -0.2) is 4.98 Å². The van der Waals surface area contributed by atoms with Gasteiger partial charge in [-0.2, -0.15) is 0 Å². The van der Waals surface area contributed by atoms with Crippen molar-refractivity contribution in [1.29, 1.82) is 0 Å². The summed E-state index contributed by atoms with van der Waals surface area (Å²) >= 11 is 0. The average Bonchev–Trinajstić information content (AvgIpc) is 2.83. The molecule has 6 nitrogen and oxygen atoms in total. The summed E-state index contributed by atoms with van der Waals surface area (Å²) in [6.45, 7) is 5.64. The van der Waals surface area contributed by atoms with Crippen LogP contribution in [0.3, 0.4) is 0 Å². The number of imidazole rings is 1.